The number of furan rings is 1. The molecule has 1 aliphatic heterocycles. The molecule has 1 fully saturated rings. The molecule has 0 saturated carbocycles. The molecular weight excluding hydrogens is 357 g/mol. The van der Waals surface area contributed by atoms with Crippen LogP contribution in [-0.2, 0) is 11.2 Å². The summed E-state index contributed by atoms with van der Waals surface area (Å²) in [6, 6.07) is 4.20. The quantitative estimate of drug-likeness (QED) is 0.892. The van der Waals surface area contributed by atoms with Crippen molar-refractivity contribution in [2.24, 2.45) is 0 Å². The molecule has 1 atom stereocenters. The molecule has 0 spiro atoms. The minimum absolute atomic E-state index is 0. The highest BCUT2D eigenvalue weighted by Crippen LogP contribution is 2.25. The van der Waals surface area contributed by atoms with Crippen LogP contribution < -0.4 is 5.32 Å². The van der Waals surface area contributed by atoms with Gasteiger partial charge >= 0.3 is 0 Å². The second-order valence-electron chi connectivity index (χ2n) is 5.43. The Labute approximate surface area is 152 Å². The minimum atomic E-state index is 0. The highest BCUT2D eigenvalue weighted by atomic mass is 35.5. The van der Waals surface area contributed by atoms with Crippen LogP contribution in [0.3, 0.4) is 0 Å². The number of amides is 1. The highest BCUT2D eigenvalue weighted by Gasteiger charge is 2.21. The van der Waals surface area contributed by atoms with Gasteiger partial charge in [0.25, 0.3) is 0 Å². The molecule has 0 aliphatic carbocycles. The Bertz CT molecular complexity index is 644. The number of piperazine rings is 1. The van der Waals surface area contributed by atoms with Crippen molar-refractivity contribution in [1.29, 1.82) is 0 Å². The molecule has 3 rings (SSSR count). The highest BCUT2D eigenvalue weighted by molar-refractivity contribution is 7.13. The Morgan fingerprint density at radius 2 is 2.26 bits per heavy atom. The van der Waals surface area contributed by atoms with Crippen LogP contribution >= 0.6 is 36.2 Å². The van der Waals surface area contributed by atoms with E-state index >= 15 is 0 Å². The first-order chi connectivity index (χ1) is 10.1. The fraction of sp³-hybridized carbons (Fsp3) is 0.467. The summed E-state index contributed by atoms with van der Waals surface area (Å²) >= 11 is 1.52. The van der Waals surface area contributed by atoms with Gasteiger partial charge in [-0.05, 0) is 26.0 Å². The molecule has 1 aliphatic rings. The van der Waals surface area contributed by atoms with Gasteiger partial charge in [0.1, 0.15) is 5.76 Å². The maximum atomic E-state index is 12.3. The fourth-order valence-electron chi connectivity index (χ4n) is 2.48. The van der Waals surface area contributed by atoms with Gasteiger partial charge in [-0.3, -0.25) is 4.79 Å². The smallest absolute Gasteiger partial charge is 0.228 e. The lowest BCUT2D eigenvalue weighted by atomic mass is 10.2. The average molecular weight is 378 g/mol. The Morgan fingerprint density at radius 1 is 1.48 bits per heavy atom. The second-order valence-corrected chi connectivity index (χ2v) is 6.28. The van der Waals surface area contributed by atoms with Crippen molar-refractivity contribution in [1.82, 2.24) is 15.2 Å². The van der Waals surface area contributed by atoms with Gasteiger partial charge in [-0.15, -0.1) is 36.2 Å². The molecule has 3 heterocycles. The number of hydrogen-bond donors (Lipinski definition) is 1. The number of carbonyl (C=O) groups excluding carboxylic acids is 1. The zero-order valence-corrected chi connectivity index (χ0v) is 15.5. The van der Waals surface area contributed by atoms with Crippen LogP contribution in [0.5, 0.6) is 0 Å². The molecule has 2 aromatic rings. The van der Waals surface area contributed by atoms with E-state index in [1.165, 1.54) is 11.3 Å². The van der Waals surface area contributed by atoms with Gasteiger partial charge in [-0.25, -0.2) is 4.98 Å². The third kappa shape index (κ3) is 4.94. The van der Waals surface area contributed by atoms with E-state index in [4.69, 9.17) is 4.42 Å². The number of halogens is 2. The van der Waals surface area contributed by atoms with Crippen molar-refractivity contribution in [2.45, 2.75) is 26.3 Å². The lowest BCUT2D eigenvalue weighted by Crippen LogP contribution is -2.51. The summed E-state index contributed by atoms with van der Waals surface area (Å²) in [5, 5.41) is 6.11. The van der Waals surface area contributed by atoms with Crippen molar-refractivity contribution in [3.8, 4) is 10.8 Å². The summed E-state index contributed by atoms with van der Waals surface area (Å²) in [6.07, 6.45) is 0.364. The Balaban J connectivity index is 0.00000132. The third-order valence-corrected chi connectivity index (χ3v) is 4.46. The van der Waals surface area contributed by atoms with E-state index in [9.17, 15) is 4.79 Å². The molecule has 8 heteroatoms. The van der Waals surface area contributed by atoms with E-state index in [0.717, 1.165) is 41.9 Å². The number of aromatic nitrogens is 1. The largest absolute Gasteiger partial charge is 0.459 e. The number of carbonyl (C=O) groups is 1. The Morgan fingerprint density at radius 3 is 2.91 bits per heavy atom. The SMILES string of the molecule is Cc1ccc(-c2nc(CC(=O)N3CCNC(C)C3)cs2)o1.Cl.Cl. The van der Waals surface area contributed by atoms with E-state index in [2.05, 4.69) is 17.2 Å². The van der Waals surface area contributed by atoms with Gasteiger partial charge in [0.2, 0.25) is 5.91 Å². The summed E-state index contributed by atoms with van der Waals surface area (Å²) < 4.78 is 5.56. The molecular formula is C15H21Cl2N3O2S. The molecule has 128 valence electrons. The lowest BCUT2D eigenvalue weighted by molar-refractivity contribution is -0.131. The maximum Gasteiger partial charge on any atom is 0.228 e. The molecule has 5 nitrogen and oxygen atoms in total. The van der Waals surface area contributed by atoms with Gasteiger partial charge in [0, 0.05) is 31.1 Å². The summed E-state index contributed by atoms with van der Waals surface area (Å²) in [5.74, 6) is 1.79. The van der Waals surface area contributed by atoms with Crippen molar-refractivity contribution >= 4 is 42.1 Å². The van der Waals surface area contributed by atoms with Crippen LogP contribution in [0.4, 0.5) is 0 Å². The average Bonchev–Trinajstić information content (AvgIpc) is 3.07. The van der Waals surface area contributed by atoms with Gasteiger partial charge < -0.3 is 14.6 Å². The van der Waals surface area contributed by atoms with Crippen LogP contribution in [0.2, 0.25) is 0 Å². The van der Waals surface area contributed by atoms with E-state index in [1.807, 2.05) is 29.3 Å². The molecule has 1 N–H and O–H groups in total. The maximum absolute atomic E-state index is 12.3. The number of nitrogens with zero attached hydrogens (tertiary/aromatic N) is 2. The second kappa shape index (κ2) is 8.68. The van der Waals surface area contributed by atoms with E-state index in [0.29, 0.717) is 12.5 Å². The van der Waals surface area contributed by atoms with Crippen molar-refractivity contribution in [2.75, 3.05) is 19.6 Å². The summed E-state index contributed by atoms with van der Waals surface area (Å²) in [7, 11) is 0. The molecule has 2 aromatic heterocycles. The standard InChI is InChI=1S/C15H19N3O2S.2ClH/c1-10-8-18(6-5-16-10)14(19)7-12-9-21-15(17-12)13-4-3-11(2)20-13;;/h3-4,9-10,16H,5-8H2,1-2H3;2*1H. The first-order valence-corrected chi connectivity index (χ1v) is 8.02. The Hall–Kier alpha value is -1.08. The normalized spacial score (nSPS) is 17.3. The molecule has 0 bridgehead atoms. The molecule has 0 radical (unpaired) electrons. The number of hydrogen-bond acceptors (Lipinski definition) is 5. The third-order valence-electron chi connectivity index (χ3n) is 3.56. The lowest BCUT2D eigenvalue weighted by Gasteiger charge is -2.31. The van der Waals surface area contributed by atoms with E-state index in [-0.39, 0.29) is 30.7 Å². The molecule has 0 aromatic carbocycles. The van der Waals surface area contributed by atoms with Crippen molar-refractivity contribution in [3.05, 3.63) is 29.0 Å². The van der Waals surface area contributed by atoms with Crippen LogP contribution in [0.25, 0.3) is 10.8 Å². The molecule has 1 unspecified atom stereocenters. The van der Waals surface area contributed by atoms with Crippen LogP contribution in [-0.4, -0.2) is 41.5 Å². The summed E-state index contributed by atoms with van der Waals surface area (Å²) in [4.78, 5) is 18.7. The predicted molar refractivity (Wildman–Crippen MR) is 96.8 cm³/mol. The van der Waals surface area contributed by atoms with E-state index in [1.54, 1.807) is 0 Å². The van der Waals surface area contributed by atoms with Gasteiger partial charge in [0.05, 0.1) is 12.1 Å². The zero-order chi connectivity index (χ0) is 14.8. The van der Waals surface area contributed by atoms with Gasteiger partial charge in [-0.1, -0.05) is 0 Å². The molecule has 1 saturated heterocycles. The topological polar surface area (TPSA) is 58.4 Å². The van der Waals surface area contributed by atoms with Crippen LogP contribution in [0.1, 0.15) is 18.4 Å². The summed E-state index contributed by atoms with van der Waals surface area (Å²) in [5.41, 5.74) is 0.820. The van der Waals surface area contributed by atoms with Crippen LogP contribution in [0, 0.1) is 6.92 Å². The van der Waals surface area contributed by atoms with E-state index < -0.39 is 0 Å². The summed E-state index contributed by atoms with van der Waals surface area (Å²) in [6.45, 7) is 6.42. The monoisotopic (exact) mass is 377 g/mol. The predicted octanol–water partition coefficient (Wildman–Crippen LogP) is 2.92. The molecule has 1 amide bonds. The van der Waals surface area contributed by atoms with Crippen LogP contribution in [0.15, 0.2) is 21.9 Å². The number of thiazole rings is 1. The van der Waals surface area contributed by atoms with Gasteiger partial charge in [-0.2, -0.15) is 0 Å². The van der Waals surface area contributed by atoms with Crippen molar-refractivity contribution in [3.63, 3.8) is 0 Å². The number of aryl methyl sites for hydroxylation is 1. The van der Waals surface area contributed by atoms with Gasteiger partial charge in [0.15, 0.2) is 10.8 Å². The number of nitrogens with one attached hydrogen (secondary N) is 1. The first kappa shape index (κ1) is 20.0. The van der Waals surface area contributed by atoms with Crippen molar-refractivity contribution < 1.29 is 9.21 Å². The number of rotatable bonds is 3. The minimum Gasteiger partial charge on any atom is -0.459 e. The molecule has 23 heavy (non-hydrogen) atoms. The Kier molecular flexibility index (Phi) is 7.54. The fourth-order valence-corrected chi connectivity index (χ4v) is 3.26. The first-order valence-electron chi connectivity index (χ1n) is 7.14. The zero-order valence-electron chi connectivity index (χ0n) is 13.1.